The van der Waals surface area contributed by atoms with E-state index in [1.54, 1.807) is 18.2 Å². The van der Waals surface area contributed by atoms with Crippen molar-refractivity contribution in [2.75, 3.05) is 25.6 Å². The minimum Gasteiger partial charge on any atom is -0.495 e. The van der Waals surface area contributed by atoms with Gasteiger partial charge in [0.25, 0.3) is 0 Å². The first-order valence-electron chi connectivity index (χ1n) is 4.96. The van der Waals surface area contributed by atoms with Crippen LogP contribution in [0.3, 0.4) is 0 Å². The molecule has 0 fully saturated rings. The fraction of sp³-hybridized carbons (Fsp3) is 0.273. The van der Waals surface area contributed by atoms with E-state index in [0.717, 1.165) is 0 Å². The fourth-order valence-electron chi connectivity index (χ4n) is 1.17. The van der Waals surface area contributed by atoms with Crippen LogP contribution in [0.5, 0.6) is 5.75 Å². The number of hydrogen-bond acceptors (Lipinski definition) is 4. The lowest BCUT2D eigenvalue weighted by Gasteiger charge is -2.08. The van der Waals surface area contributed by atoms with Gasteiger partial charge in [0, 0.05) is 11.8 Å². The van der Waals surface area contributed by atoms with E-state index in [2.05, 4.69) is 10.1 Å². The van der Waals surface area contributed by atoms with Gasteiger partial charge in [-0.3, -0.25) is 4.79 Å². The maximum atomic E-state index is 11.4. The van der Waals surface area contributed by atoms with Crippen molar-refractivity contribution in [3.05, 3.63) is 23.2 Å². The van der Waals surface area contributed by atoms with Crippen LogP contribution in [-0.4, -0.2) is 37.3 Å². The van der Waals surface area contributed by atoms with Crippen LogP contribution in [0.4, 0.5) is 5.69 Å². The summed E-state index contributed by atoms with van der Waals surface area (Å²) in [5.41, 5.74) is 0.486. The van der Waals surface area contributed by atoms with E-state index in [1.165, 1.54) is 7.11 Å². The summed E-state index contributed by atoms with van der Waals surface area (Å²) in [5, 5.41) is 11.3. The molecule has 0 aliphatic heterocycles. The van der Waals surface area contributed by atoms with Gasteiger partial charge >= 0.3 is 5.97 Å². The first kappa shape index (κ1) is 14.3. The Balaban J connectivity index is 2.51. The van der Waals surface area contributed by atoms with Gasteiger partial charge < -0.3 is 19.9 Å². The van der Waals surface area contributed by atoms with Crippen molar-refractivity contribution < 1.29 is 24.2 Å². The Hall–Kier alpha value is -1.79. The Morgan fingerprint density at radius 2 is 2.11 bits per heavy atom. The van der Waals surface area contributed by atoms with Crippen molar-refractivity contribution >= 4 is 29.2 Å². The van der Waals surface area contributed by atoms with Crippen LogP contribution in [-0.2, 0) is 14.3 Å². The lowest BCUT2D eigenvalue weighted by Crippen LogP contribution is -2.20. The number of carboxylic acid groups (broad SMARTS) is 1. The van der Waals surface area contributed by atoms with Gasteiger partial charge in [0.1, 0.15) is 19.0 Å². The molecule has 0 saturated heterocycles. The van der Waals surface area contributed by atoms with Crippen molar-refractivity contribution in [3.8, 4) is 5.75 Å². The summed E-state index contributed by atoms with van der Waals surface area (Å²) in [4.78, 5) is 21.5. The number of benzene rings is 1. The molecule has 7 heteroatoms. The molecule has 18 heavy (non-hydrogen) atoms. The summed E-state index contributed by atoms with van der Waals surface area (Å²) < 4.78 is 9.63. The number of halogens is 1. The number of hydrogen-bond donors (Lipinski definition) is 2. The minimum absolute atomic E-state index is 0.336. The molecule has 1 aromatic rings. The van der Waals surface area contributed by atoms with E-state index in [4.69, 9.17) is 21.4 Å². The van der Waals surface area contributed by atoms with Gasteiger partial charge in [-0.15, -0.1) is 0 Å². The average molecular weight is 274 g/mol. The summed E-state index contributed by atoms with van der Waals surface area (Å²) >= 11 is 5.82. The van der Waals surface area contributed by atoms with Gasteiger partial charge in [0.05, 0.1) is 12.1 Å². The molecule has 0 unspecified atom stereocenters. The number of methoxy groups -OCH3 is 1. The Morgan fingerprint density at radius 1 is 1.39 bits per heavy atom. The van der Waals surface area contributed by atoms with Crippen LogP contribution in [0.1, 0.15) is 0 Å². The average Bonchev–Trinajstić information content (AvgIpc) is 2.31. The number of amides is 1. The van der Waals surface area contributed by atoms with E-state index in [0.29, 0.717) is 16.5 Å². The molecule has 0 aliphatic rings. The second kappa shape index (κ2) is 6.83. The number of carboxylic acids is 1. The number of carbonyl (C=O) groups excluding carboxylic acids is 1. The highest BCUT2D eigenvalue weighted by atomic mass is 35.5. The third kappa shape index (κ3) is 4.60. The quantitative estimate of drug-likeness (QED) is 0.818. The molecule has 0 heterocycles. The van der Waals surface area contributed by atoms with E-state index in [-0.39, 0.29) is 6.61 Å². The number of nitrogens with one attached hydrogen (secondary N) is 1. The maximum Gasteiger partial charge on any atom is 0.329 e. The summed E-state index contributed by atoms with van der Waals surface area (Å²) in [5.74, 6) is -1.16. The Kier molecular flexibility index (Phi) is 5.41. The minimum atomic E-state index is -1.13. The van der Waals surface area contributed by atoms with E-state index < -0.39 is 18.5 Å². The first-order valence-corrected chi connectivity index (χ1v) is 5.33. The second-order valence-electron chi connectivity index (χ2n) is 3.28. The number of carbonyl (C=O) groups is 2. The van der Waals surface area contributed by atoms with Crippen molar-refractivity contribution in [1.82, 2.24) is 0 Å². The Labute approximate surface area is 108 Å². The summed E-state index contributed by atoms with van der Waals surface area (Å²) in [6.45, 7) is -0.853. The summed E-state index contributed by atoms with van der Waals surface area (Å²) in [7, 11) is 1.46. The highest BCUT2D eigenvalue weighted by molar-refractivity contribution is 6.32. The molecule has 0 spiro atoms. The van der Waals surface area contributed by atoms with Crippen molar-refractivity contribution in [1.29, 1.82) is 0 Å². The number of rotatable bonds is 6. The van der Waals surface area contributed by atoms with Gasteiger partial charge in [-0.1, -0.05) is 11.6 Å². The molecular weight excluding hydrogens is 262 g/mol. The molecule has 1 amide bonds. The third-order valence-electron chi connectivity index (χ3n) is 1.89. The lowest BCUT2D eigenvalue weighted by molar-refractivity contribution is -0.143. The normalized spacial score (nSPS) is 9.89. The SMILES string of the molecule is COc1cc(NC(=O)COCC(=O)O)ccc1Cl. The monoisotopic (exact) mass is 273 g/mol. The first-order chi connectivity index (χ1) is 8.52. The van der Waals surface area contributed by atoms with Crippen LogP contribution < -0.4 is 10.1 Å². The van der Waals surface area contributed by atoms with Crippen molar-refractivity contribution in [3.63, 3.8) is 0 Å². The van der Waals surface area contributed by atoms with Crippen LogP contribution in [0.15, 0.2) is 18.2 Å². The molecule has 0 atom stereocenters. The molecule has 0 aliphatic carbocycles. The van der Waals surface area contributed by atoms with Gasteiger partial charge in [-0.05, 0) is 12.1 Å². The zero-order valence-electron chi connectivity index (χ0n) is 9.60. The van der Waals surface area contributed by atoms with Crippen molar-refractivity contribution in [2.24, 2.45) is 0 Å². The second-order valence-corrected chi connectivity index (χ2v) is 3.69. The summed E-state index contributed by atoms with van der Waals surface area (Å²) in [6.07, 6.45) is 0. The molecule has 0 radical (unpaired) electrons. The molecule has 98 valence electrons. The molecule has 1 aromatic carbocycles. The van der Waals surface area contributed by atoms with Crippen molar-refractivity contribution in [2.45, 2.75) is 0 Å². The zero-order valence-corrected chi connectivity index (χ0v) is 10.4. The van der Waals surface area contributed by atoms with Gasteiger partial charge in [0.2, 0.25) is 5.91 Å². The van der Waals surface area contributed by atoms with Gasteiger partial charge in [0.15, 0.2) is 0 Å². The molecule has 1 rings (SSSR count). The highest BCUT2D eigenvalue weighted by Crippen LogP contribution is 2.27. The van der Waals surface area contributed by atoms with E-state index >= 15 is 0 Å². The molecule has 6 nitrogen and oxygen atoms in total. The molecule has 0 saturated carbocycles. The molecule has 0 aromatic heterocycles. The molecule has 2 N–H and O–H groups in total. The number of aliphatic carboxylic acids is 1. The molecule has 0 bridgehead atoms. The van der Waals surface area contributed by atoms with Crippen LogP contribution >= 0.6 is 11.6 Å². The Morgan fingerprint density at radius 3 is 2.72 bits per heavy atom. The topological polar surface area (TPSA) is 84.9 Å². The highest BCUT2D eigenvalue weighted by Gasteiger charge is 2.07. The fourth-order valence-corrected chi connectivity index (χ4v) is 1.36. The Bertz CT molecular complexity index is 449. The third-order valence-corrected chi connectivity index (χ3v) is 2.21. The lowest BCUT2D eigenvalue weighted by atomic mass is 10.3. The largest absolute Gasteiger partial charge is 0.495 e. The molecular formula is C11H12ClNO5. The predicted molar refractivity (Wildman–Crippen MR) is 65.1 cm³/mol. The number of anilines is 1. The number of ether oxygens (including phenoxy) is 2. The van der Waals surface area contributed by atoms with Crippen LogP contribution in [0.2, 0.25) is 5.02 Å². The van der Waals surface area contributed by atoms with E-state index in [9.17, 15) is 9.59 Å². The summed E-state index contributed by atoms with van der Waals surface area (Å²) in [6, 6.07) is 4.73. The van der Waals surface area contributed by atoms with Crippen LogP contribution in [0.25, 0.3) is 0 Å². The maximum absolute atomic E-state index is 11.4. The smallest absolute Gasteiger partial charge is 0.329 e. The standard InChI is InChI=1S/C11H12ClNO5/c1-17-9-4-7(2-3-8(9)12)13-10(14)5-18-6-11(15)16/h2-4H,5-6H2,1H3,(H,13,14)(H,15,16). The predicted octanol–water partition coefficient (Wildman–Crippen LogP) is 1.39. The van der Waals surface area contributed by atoms with Crippen LogP contribution in [0, 0.1) is 0 Å². The zero-order chi connectivity index (χ0) is 13.5. The van der Waals surface area contributed by atoms with Gasteiger partial charge in [-0.25, -0.2) is 4.79 Å². The van der Waals surface area contributed by atoms with E-state index in [1.807, 2.05) is 0 Å². The van der Waals surface area contributed by atoms with Gasteiger partial charge in [-0.2, -0.15) is 0 Å².